The first-order chi connectivity index (χ1) is 6.88. The molecule has 2 rings (SSSR count). The van der Waals surface area contributed by atoms with Crippen molar-refractivity contribution >= 4 is 0 Å². The minimum absolute atomic E-state index is 0.599. The minimum Gasteiger partial charge on any atom is -0.0622 e. The van der Waals surface area contributed by atoms with Crippen LogP contribution in [0, 0.1) is 28.6 Å². The first-order valence-electron chi connectivity index (χ1n) is 6.88. The average molecular weight is 208 g/mol. The van der Waals surface area contributed by atoms with Gasteiger partial charge in [0.15, 0.2) is 0 Å². The lowest BCUT2D eigenvalue weighted by Gasteiger charge is -2.58. The van der Waals surface area contributed by atoms with E-state index in [0.29, 0.717) is 10.8 Å². The van der Waals surface area contributed by atoms with Gasteiger partial charge in [-0.3, -0.25) is 0 Å². The van der Waals surface area contributed by atoms with Gasteiger partial charge in [0, 0.05) is 0 Å². The Balaban J connectivity index is 2.29. The first-order valence-corrected chi connectivity index (χ1v) is 6.88. The van der Waals surface area contributed by atoms with Crippen molar-refractivity contribution < 1.29 is 0 Å². The molecule has 0 saturated heterocycles. The van der Waals surface area contributed by atoms with Crippen LogP contribution in [-0.4, -0.2) is 0 Å². The molecule has 4 atom stereocenters. The predicted molar refractivity (Wildman–Crippen MR) is 66.8 cm³/mol. The molecular weight excluding hydrogens is 180 g/mol. The summed E-state index contributed by atoms with van der Waals surface area (Å²) in [4.78, 5) is 0. The van der Waals surface area contributed by atoms with Crippen molar-refractivity contribution in [2.24, 2.45) is 28.6 Å². The monoisotopic (exact) mass is 208 g/mol. The molecule has 0 aliphatic heterocycles. The van der Waals surface area contributed by atoms with Crippen LogP contribution in [0.2, 0.25) is 0 Å². The van der Waals surface area contributed by atoms with Crippen LogP contribution in [0.15, 0.2) is 0 Å². The van der Waals surface area contributed by atoms with Crippen LogP contribution in [0.5, 0.6) is 0 Å². The molecule has 0 spiro atoms. The van der Waals surface area contributed by atoms with E-state index in [4.69, 9.17) is 0 Å². The molecule has 0 N–H and O–H groups in total. The molecule has 0 heterocycles. The Hall–Kier alpha value is 0. The van der Waals surface area contributed by atoms with Gasteiger partial charge in [-0.05, 0) is 47.8 Å². The van der Waals surface area contributed by atoms with Gasteiger partial charge in [-0.25, -0.2) is 0 Å². The molecule has 2 saturated carbocycles. The molecule has 0 amide bonds. The third-order valence-electron chi connectivity index (χ3n) is 6.08. The largest absolute Gasteiger partial charge is 0.0622 e. The predicted octanol–water partition coefficient (Wildman–Crippen LogP) is 4.89. The zero-order valence-electron chi connectivity index (χ0n) is 11.3. The summed E-state index contributed by atoms with van der Waals surface area (Å²) >= 11 is 0. The summed E-state index contributed by atoms with van der Waals surface area (Å²) in [6, 6.07) is 0. The molecule has 0 heteroatoms. The number of hydrogen-bond donors (Lipinski definition) is 0. The molecule has 0 aromatic rings. The molecule has 2 fully saturated rings. The van der Waals surface area contributed by atoms with Crippen LogP contribution in [0.3, 0.4) is 0 Å². The van der Waals surface area contributed by atoms with Gasteiger partial charge in [0.1, 0.15) is 0 Å². The molecule has 2 aliphatic carbocycles. The van der Waals surface area contributed by atoms with E-state index in [1.165, 1.54) is 32.1 Å². The van der Waals surface area contributed by atoms with Gasteiger partial charge >= 0.3 is 0 Å². The summed E-state index contributed by atoms with van der Waals surface area (Å²) in [7, 11) is 0. The molecule has 4 unspecified atom stereocenters. The second kappa shape index (κ2) is 3.50. The average Bonchev–Trinajstić information content (AvgIpc) is 2.12. The van der Waals surface area contributed by atoms with Gasteiger partial charge < -0.3 is 0 Å². The third-order valence-corrected chi connectivity index (χ3v) is 6.08. The summed E-state index contributed by atoms with van der Waals surface area (Å²) in [5.41, 5.74) is 1.24. The van der Waals surface area contributed by atoms with Crippen molar-refractivity contribution in [3.05, 3.63) is 0 Å². The molecule has 0 radical (unpaired) electrons. The summed E-state index contributed by atoms with van der Waals surface area (Å²) in [6.07, 6.45) is 7.33. The third kappa shape index (κ3) is 1.65. The van der Waals surface area contributed by atoms with Crippen LogP contribution in [-0.2, 0) is 0 Å². The quantitative estimate of drug-likeness (QED) is 0.532. The Bertz CT molecular complexity index is 240. The van der Waals surface area contributed by atoms with Crippen LogP contribution in [0.25, 0.3) is 0 Å². The van der Waals surface area contributed by atoms with E-state index in [0.717, 1.165) is 17.8 Å². The summed E-state index contributed by atoms with van der Waals surface area (Å²) in [5, 5.41) is 0. The second-order valence-electron chi connectivity index (χ2n) is 7.24. The van der Waals surface area contributed by atoms with Crippen LogP contribution < -0.4 is 0 Å². The number of fused-ring (bicyclic) bond motifs is 1. The Morgan fingerprint density at radius 2 is 1.60 bits per heavy atom. The molecule has 2 aliphatic rings. The highest BCUT2D eigenvalue weighted by atomic mass is 14.6. The molecule has 88 valence electrons. The fraction of sp³-hybridized carbons (Fsp3) is 1.00. The van der Waals surface area contributed by atoms with E-state index in [1.807, 2.05) is 0 Å². The fourth-order valence-corrected chi connectivity index (χ4v) is 4.76. The summed E-state index contributed by atoms with van der Waals surface area (Å²) < 4.78 is 0. The van der Waals surface area contributed by atoms with Crippen LogP contribution in [0.1, 0.15) is 66.7 Å². The van der Waals surface area contributed by atoms with Crippen molar-refractivity contribution in [2.75, 3.05) is 0 Å². The van der Waals surface area contributed by atoms with E-state index in [-0.39, 0.29) is 0 Å². The Labute approximate surface area is 95.8 Å². The summed E-state index contributed by atoms with van der Waals surface area (Å²) in [6.45, 7) is 12.6. The Morgan fingerprint density at radius 3 is 2.27 bits per heavy atom. The highest BCUT2D eigenvalue weighted by molar-refractivity contribution is 5.01. The van der Waals surface area contributed by atoms with E-state index in [2.05, 4.69) is 34.6 Å². The topological polar surface area (TPSA) is 0 Å². The van der Waals surface area contributed by atoms with Crippen molar-refractivity contribution in [2.45, 2.75) is 66.7 Å². The molecular formula is C15H28. The Morgan fingerprint density at radius 1 is 0.933 bits per heavy atom. The van der Waals surface area contributed by atoms with E-state index < -0.39 is 0 Å². The van der Waals surface area contributed by atoms with Crippen LogP contribution >= 0.6 is 0 Å². The molecule has 0 nitrogen and oxygen atoms in total. The summed E-state index contributed by atoms with van der Waals surface area (Å²) in [5.74, 6) is 2.85. The smallest absolute Gasteiger partial charge is 0.0264 e. The van der Waals surface area contributed by atoms with Crippen molar-refractivity contribution in [3.63, 3.8) is 0 Å². The first kappa shape index (κ1) is 11.5. The van der Waals surface area contributed by atoms with Gasteiger partial charge in [0.25, 0.3) is 0 Å². The lowest BCUT2D eigenvalue weighted by Crippen LogP contribution is -2.50. The molecule has 0 bridgehead atoms. The second-order valence-corrected chi connectivity index (χ2v) is 7.24. The van der Waals surface area contributed by atoms with E-state index in [1.54, 1.807) is 0 Å². The molecule has 0 aromatic heterocycles. The molecule has 0 aromatic carbocycles. The fourth-order valence-electron chi connectivity index (χ4n) is 4.76. The van der Waals surface area contributed by atoms with Gasteiger partial charge in [-0.2, -0.15) is 0 Å². The standard InChI is InChI=1S/C15H28/c1-11-7-8-13-14(3,4)9-6-10-15(13,5)12(11)2/h11-13H,6-10H2,1-5H3. The highest BCUT2D eigenvalue weighted by Gasteiger charge is 2.51. The zero-order valence-corrected chi connectivity index (χ0v) is 11.3. The lowest BCUT2D eigenvalue weighted by atomic mass is 9.47. The maximum Gasteiger partial charge on any atom is -0.0264 e. The highest BCUT2D eigenvalue weighted by Crippen LogP contribution is 2.60. The van der Waals surface area contributed by atoms with Crippen molar-refractivity contribution in [1.82, 2.24) is 0 Å². The van der Waals surface area contributed by atoms with Gasteiger partial charge in [-0.1, -0.05) is 47.5 Å². The van der Waals surface area contributed by atoms with Crippen molar-refractivity contribution in [3.8, 4) is 0 Å². The number of rotatable bonds is 0. The van der Waals surface area contributed by atoms with E-state index in [9.17, 15) is 0 Å². The van der Waals surface area contributed by atoms with Gasteiger partial charge in [-0.15, -0.1) is 0 Å². The van der Waals surface area contributed by atoms with E-state index >= 15 is 0 Å². The SMILES string of the molecule is CC1CCC2C(C)(C)CCCC2(C)C1C. The minimum atomic E-state index is 0.599. The molecule has 15 heavy (non-hydrogen) atoms. The van der Waals surface area contributed by atoms with Crippen LogP contribution in [0.4, 0.5) is 0 Å². The number of hydrogen-bond acceptors (Lipinski definition) is 0. The van der Waals surface area contributed by atoms with Gasteiger partial charge in [0.05, 0.1) is 0 Å². The van der Waals surface area contributed by atoms with Crippen molar-refractivity contribution in [1.29, 1.82) is 0 Å². The lowest BCUT2D eigenvalue weighted by molar-refractivity contribution is -0.0868. The normalized spacial score (nSPS) is 49.8. The van der Waals surface area contributed by atoms with Gasteiger partial charge in [0.2, 0.25) is 0 Å². The Kier molecular flexibility index (Phi) is 2.68. The zero-order chi connectivity index (χ0) is 11.3. The maximum atomic E-state index is 2.58. The maximum absolute atomic E-state index is 2.58.